The van der Waals surface area contributed by atoms with Gasteiger partial charge in [-0.3, -0.25) is 9.59 Å². The van der Waals surface area contributed by atoms with Crippen molar-refractivity contribution in [3.63, 3.8) is 0 Å². The standard InChI is InChI=1S/C14H12F3N3O2S/c1-20-12(21)7-6-10(19-20)13(22)18-9-4-2-3-5-11(9)23-8-14(15,16)17/h2-7H,8H2,1H3,(H,18,22). The van der Waals surface area contributed by atoms with Crippen molar-refractivity contribution in [1.82, 2.24) is 9.78 Å². The van der Waals surface area contributed by atoms with Crippen molar-refractivity contribution in [3.8, 4) is 0 Å². The zero-order valence-electron chi connectivity index (χ0n) is 11.9. The molecule has 1 N–H and O–H groups in total. The molecule has 0 radical (unpaired) electrons. The van der Waals surface area contributed by atoms with Crippen LogP contribution in [-0.2, 0) is 7.05 Å². The monoisotopic (exact) mass is 343 g/mol. The van der Waals surface area contributed by atoms with E-state index in [1.165, 1.54) is 31.3 Å². The largest absolute Gasteiger partial charge is 0.398 e. The molecule has 2 rings (SSSR count). The number of amides is 1. The number of nitrogens with one attached hydrogen (secondary N) is 1. The first-order valence-corrected chi connectivity index (χ1v) is 7.39. The molecule has 0 aliphatic heterocycles. The Morgan fingerprint density at radius 1 is 1.26 bits per heavy atom. The molecule has 122 valence electrons. The van der Waals surface area contributed by atoms with Gasteiger partial charge in [0.25, 0.3) is 11.5 Å². The molecule has 0 saturated carbocycles. The van der Waals surface area contributed by atoms with Crippen LogP contribution in [0.5, 0.6) is 0 Å². The highest BCUT2D eigenvalue weighted by atomic mass is 32.2. The molecule has 1 heterocycles. The van der Waals surface area contributed by atoms with E-state index in [9.17, 15) is 22.8 Å². The van der Waals surface area contributed by atoms with Gasteiger partial charge in [0, 0.05) is 18.0 Å². The molecule has 5 nitrogen and oxygen atoms in total. The van der Waals surface area contributed by atoms with Crippen molar-refractivity contribution in [1.29, 1.82) is 0 Å². The number of hydrogen-bond donors (Lipinski definition) is 1. The highest BCUT2D eigenvalue weighted by Crippen LogP contribution is 2.32. The first-order chi connectivity index (χ1) is 10.8. The number of nitrogens with zero attached hydrogens (tertiary/aromatic N) is 2. The van der Waals surface area contributed by atoms with Crippen LogP contribution in [0.2, 0.25) is 0 Å². The molecule has 0 spiro atoms. The maximum atomic E-state index is 12.3. The summed E-state index contributed by atoms with van der Waals surface area (Å²) < 4.78 is 38.0. The lowest BCUT2D eigenvalue weighted by Gasteiger charge is -2.11. The third-order valence-electron chi connectivity index (χ3n) is 2.72. The lowest BCUT2D eigenvalue weighted by Crippen LogP contribution is -2.23. The van der Waals surface area contributed by atoms with Gasteiger partial charge in [-0.25, -0.2) is 4.68 Å². The fourth-order valence-corrected chi connectivity index (χ4v) is 2.43. The molecule has 1 aromatic carbocycles. The number of aromatic nitrogens is 2. The Morgan fingerprint density at radius 2 is 1.96 bits per heavy atom. The zero-order valence-corrected chi connectivity index (χ0v) is 12.7. The molecule has 0 bridgehead atoms. The number of para-hydroxylation sites is 1. The Labute approximate surface area is 133 Å². The lowest BCUT2D eigenvalue weighted by atomic mass is 10.3. The quantitative estimate of drug-likeness (QED) is 0.867. The second-order valence-electron chi connectivity index (χ2n) is 4.53. The first-order valence-electron chi connectivity index (χ1n) is 6.40. The molecule has 0 aliphatic rings. The van der Waals surface area contributed by atoms with E-state index in [1.807, 2.05) is 0 Å². The number of benzene rings is 1. The van der Waals surface area contributed by atoms with E-state index in [0.717, 1.165) is 4.68 Å². The number of anilines is 1. The van der Waals surface area contributed by atoms with Crippen molar-refractivity contribution in [2.75, 3.05) is 11.1 Å². The van der Waals surface area contributed by atoms with Crippen LogP contribution in [0.1, 0.15) is 10.5 Å². The molecule has 2 aromatic rings. The second kappa shape index (κ2) is 6.86. The first kappa shape index (κ1) is 17.1. The van der Waals surface area contributed by atoms with Gasteiger partial charge >= 0.3 is 6.18 Å². The van der Waals surface area contributed by atoms with Crippen molar-refractivity contribution < 1.29 is 18.0 Å². The third-order valence-corrected chi connectivity index (χ3v) is 3.86. The van der Waals surface area contributed by atoms with Crippen LogP contribution < -0.4 is 10.9 Å². The number of carbonyl (C=O) groups is 1. The number of aryl methyl sites for hydroxylation is 1. The van der Waals surface area contributed by atoms with E-state index < -0.39 is 17.8 Å². The summed E-state index contributed by atoms with van der Waals surface area (Å²) in [7, 11) is 1.40. The summed E-state index contributed by atoms with van der Waals surface area (Å²) in [4.78, 5) is 23.6. The SMILES string of the molecule is Cn1nc(C(=O)Nc2ccccc2SCC(F)(F)F)ccc1=O. The maximum Gasteiger partial charge on any atom is 0.398 e. The van der Waals surface area contributed by atoms with Crippen LogP contribution in [-0.4, -0.2) is 27.6 Å². The fraction of sp³-hybridized carbons (Fsp3) is 0.214. The summed E-state index contributed by atoms with van der Waals surface area (Å²) in [5.41, 5.74) is -0.132. The molecule has 0 atom stereocenters. The Balaban J connectivity index is 2.17. The van der Waals surface area contributed by atoms with Crippen LogP contribution in [0.25, 0.3) is 0 Å². The van der Waals surface area contributed by atoms with Gasteiger partial charge in [-0.15, -0.1) is 11.8 Å². The number of hydrogen-bond acceptors (Lipinski definition) is 4. The fourth-order valence-electron chi connectivity index (χ4n) is 1.67. The van der Waals surface area contributed by atoms with Gasteiger partial charge in [0.05, 0.1) is 11.4 Å². The van der Waals surface area contributed by atoms with Gasteiger partial charge in [-0.1, -0.05) is 12.1 Å². The van der Waals surface area contributed by atoms with E-state index in [2.05, 4.69) is 10.4 Å². The van der Waals surface area contributed by atoms with Gasteiger partial charge < -0.3 is 5.32 Å². The highest BCUT2D eigenvalue weighted by molar-refractivity contribution is 7.99. The maximum absolute atomic E-state index is 12.3. The molecular formula is C14H12F3N3O2S. The Bertz CT molecular complexity index is 774. The van der Waals surface area contributed by atoms with Gasteiger partial charge in [0.2, 0.25) is 0 Å². The lowest BCUT2D eigenvalue weighted by molar-refractivity contribution is -0.105. The van der Waals surface area contributed by atoms with E-state index in [4.69, 9.17) is 0 Å². The summed E-state index contributed by atoms with van der Waals surface area (Å²) >= 11 is 0.581. The molecule has 1 amide bonds. The third kappa shape index (κ3) is 4.85. The molecule has 0 aliphatic carbocycles. The minimum Gasteiger partial charge on any atom is -0.320 e. The minimum atomic E-state index is -4.30. The van der Waals surface area contributed by atoms with E-state index in [0.29, 0.717) is 16.7 Å². The Hall–Kier alpha value is -2.29. The zero-order chi connectivity index (χ0) is 17.0. The molecule has 0 saturated heterocycles. The summed E-state index contributed by atoms with van der Waals surface area (Å²) in [6.07, 6.45) is -4.30. The van der Waals surface area contributed by atoms with Gasteiger partial charge in [-0.2, -0.15) is 18.3 Å². The molecular weight excluding hydrogens is 331 g/mol. The average molecular weight is 343 g/mol. The predicted octanol–water partition coefficient (Wildman–Crippen LogP) is 2.69. The number of thioether (sulfide) groups is 1. The average Bonchev–Trinajstić information content (AvgIpc) is 2.48. The van der Waals surface area contributed by atoms with Crippen LogP contribution in [0.3, 0.4) is 0 Å². The molecule has 23 heavy (non-hydrogen) atoms. The van der Waals surface area contributed by atoms with Crippen LogP contribution in [0.15, 0.2) is 46.1 Å². The summed E-state index contributed by atoms with van der Waals surface area (Å²) in [5, 5.41) is 6.29. The second-order valence-corrected chi connectivity index (χ2v) is 5.55. The molecule has 0 fully saturated rings. The van der Waals surface area contributed by atoms with E-state index in [-0.39, 0.29) is 16.9 Å². The summed E-state index contributed by atoms with van der Waals surface area (Å²) in [6, 6.07) is 8.61. The number of halogens is 3. The highest BCUT2D eigenvalue weighted by Gasteiger charge is 2.27. The van der Waals surface area contributed by atoms with Crippen molar-refractivity contribution >= 4 is 23.4 Å². The number of carbonyl (C=O) groups excluding carboxylic acids is 1. The normalized spacial score (nSPS) is 11.3. The van der Waals surface area contributed by atoms with Crippen LogP contribution in [0.4, 0.5) is 18.9 Å². The van der Waals surface area contributed by atoms with Crippen LogP contribution >= 0.6 is 11.8 Å². The predicted molar refractivity (Wildman–Crippen MR) is 80.7 cm³/mol. The molecule has 9 heteroatoms. The van der Waals surface area contributed by atoms with E-state index in [1.54, 1.807) is 12.1 Å². The number of rotatable bonds is 4. The van der Waals surface area contributed by atoms with Gasteiger partial charge in [0.1, 0.15) is 5.69 Å². The van der Waals surface area contributed by atoms with Crippen molar-refractivity contribution in [2.24, 2.45) is 7.05 Å². The van der Waals surface area contributed by atoms with E-state index >= 15 is 0 Å². The molecule has 1 aromatic heterocycles. The van der Waals surface area contributed by atoms with Gasteiger partial charge in [-0.05, 0) is 18.2 Å². The van der Waals surface area contributed by atoms with Crippen LogP contribution in [0, 0.1) is 0 Å². The van der Waals surface area contributed by atoms with Crippen molar-refractivity contribution in [2.45, 2.75) is 11.1 Å². The smallest absolute Gasteiger partial charge is 0.320 e. The molecule has 0 unspecified atom stereocenters. The Morgan fingerprint density at radius 3 is 2.61 bits per heavy atom. The topological polar surface area (TPSA) is 64.0 Å². The summed E-state index contributed by atoms with van der Waals surface area (Å²) in [6.45, 7) is 0. The van der Waals surface area contributed by atoms with Gasteiger partial charge in [0.15, 0.2) is 0 Å². The van der Waals surface area contributed by atoms with Crippen molar-refractivity contribution in [3.05, 3.63) is 52.4 Å². The summed E-state index contributed by atoms with van der Waals surface area (Å²) in [5.74, 6) is -1.67. The number of alkyl halides is 3. The minimum absolute atomic E-state index is 0.0114. The Kier molecular flexibility index (Phi) is 5.09.